The molecule has 9 nitrogen and oxygen atoms in total. The minimum atomic E-state index is -3.79. The molecule has 0 aliphatic heterocycles. The summed E-state index contributed by atoms with van der Waals surface area (Å²) in [6, 6.07) is 12.8. The lowest BCUT2D eigenvalue weighted by Gasteiger charge is -2.33. The third-order valence-electron chi connectivity index (χ3n) is 5.46. The molecule has 1 N–H and O–H groups in total. The molecule has 2 rings (SSSR count). The first-order chi connectivity index (χ1) is 16.6. The largest absolute Gasteiger partial charge is 0.497 e. The molecule has 0 aliphatic carbocycles. The van der Waals surface area contributed by atoms with Gasteiger partial charge in [0.2, 0.25) is 21.8 Å². The number of methoxy groups -OCH3 is 2. The first-order valence-electron chi connectivity index (χ1n) is 11.5. The van der Waals surface area contributed by atoms with Gasteiger partial charge in [0, 0.05) is 13.1 Å². The van der Waals surface area contributed by atoms with E-state index in [1.165, 1.54) is 12.0 Å². The third kappa shape index (κ3) is 7.88. The van der Waals surface area contributed by atoms with Gasteiger partial charge in [0.05, 0.1) is 26.2 Å². The van der Waals surface area contributed by atoms with Gasteiger partial charge < -0.3 is 19.7 Å². The van der Waals surface area contributed by atoms with Gasteiger partial charge in [0.25, 0.3) is 0 Å². The Labute approximate surface area is 208 Å². The van der Waals surface area contributed by atoms with Crippen LogP contribution >= 0.6 is 0 Å². The van der Waals surface area contributed by atoms with Crippen molar-refractivity contribution in [2.45, 2.75) is 39.3 Å². The first-order valence-corrected chi connectivity index (χ1v) is 13.3. The van der Waals surface area contributed by atoms with Gasteiger partial charge in [-0.3, -0.25) is 13.9 Å². The number of rotatable bonds is 13. The van der Waals surface area contributed by atoms with Crippen molar-refractivity contribution in [2.24, 2.45) is 0 Å². The Bertz CT molecular complexity index is 1090. The van der Waals surface area contributed by atoms with Crippen LogP contribution in [0.2, 0.25) is 0 Å². The van der Waals surface area contributed by atoms with Crippen LogP contribution < -0.4 is 19.1 Å². The molecule has 1 atom stereocenters. The Kier molecular flexibility index (Phi) is 10.4. The number of nitrogens with one attached hydrogen (secondary N) is 1. The zero-order valence-corrected chi connectivity index (χ0v) is 21.8. The van der Waals surface area contributed by atoms with Crippen molar-refractivity contribution in [3.05, 3.63) is 54.1 Å². The van der Waals surface area contributed by atoms with E-state index in [1.54, 1.807) is 49.6 Å². The first kappa shape index (κ1) is 28.0. The van der Waals surface area contributed by atoms with Crippen LogP contribution in [-0.4, -0.2) is 64.7 Å². The van der Waals surface area contributed by atoms with Crippen LogP contribution in [0.4, 0.5) is 5.69 Å². The summed E-state index contributed by atoms with van der Waals surface area (Å²) in [5.41, 5.74) is 1.08. The monoisotopic (exact) mass is 505 g/mol. The third-order valence-corrected chi connectivity index (χ3v) is 6.60. The second-order valence-corrected chi connectivity index (χ2v) is 9.96. The van der Waals surface area contributed by atoms with Gasteiger partial charge in [0.15, 0.2) is 0 Å². The lowest BCUT2D eigenvalue weighted by atomic mass is 10.1. The van der Waals surface area contributed by atoms with Crippen molar-refractivity contribution in [1.82, 2.24) is 10.2 Å². The lowest BCUT2D eigenvalue weighted by molar-refractivity contribution is -0.140. The van der Waals surface area contributed by atoms with Crippen molar-refractivity contribution in [3.8, 4) is 11.5 Å². The maximum Gasteiger partial charge on any atom is 0.244 e. The highest BCUT2D eigenvalue weighted by Crippen LogP contribution is 2.23. The maximum absolute atomic E-state index is 13.6. The fraction of sp³-hybridized carbons (Fsp3) is 0.440. The van der Waals surface area contributed by atoms with Crippen molar-refractivity contribution in [1.29, 1.82) is 0 Å². The molecule has 0 saturated carbocycles. The summed E-state index contributed by atoms with van der Waals surface area (Å²) in [4.78, 5) is 28.0. The van der Waals surface area contributed by atoms with Crippen LogP contribution in [0.1, 0.15) is 32.3 Å². The van der Waals surface area contributed by atoms with E-state index in [0.29, 0.717) is 30.2 Å². The molecule has 192 valence electrons. The molecular weight excluding hydrogens is 470 g/mol. The topological polar surface area (TPSA) is 105 Å². The number of sulfonamides is 1. The number of carbonyl (C=O) groups excluding carboxylic acids is 2. The molecule has 0 heterocycles. The summed E-state index contributed by atoms with van der Waals surface area (Å²) in [5.74, 6) is 0.412. The highest BCUT2D eigenvalue weighted by Gasteiger charge is 2.31. The Morgan fingerprint density at radius 1 is 1.00 bits per heavy atom. The molecule has 0 aliphatic rings. The van der Waals surface area contributed by atoms with Gasteiger partial charge >= 0.3 is 0 Å². The molecule has 0 saturated heterocycles. The van der Waals surface area contributed by atoms with Gasteiger partial charge in [-0.1, -0.05) is 26.0 Å². The van der Waals surface area contributed by atoms with E-state index in [1.807, 2.05) is 19.9 Å². The van der Waals surface area contributed by atoms with Crippen LogP contribution in [0.5, 0.6) is 11.5 Å². The van der Waals surface area contributed by atoms with E-state index in [-0.39, 0.29) is 12.5 Å². The summed E-state index contributed by atoms with van der Waals surface area (Å²) in [6.45, 7) is 3.91. The minimum absolute atomic E-state index is 0.119. The van der Waals surface area contributed by atoms with Gasteiger partial charge in [-0.15, -0.1) is 0 Å². The van der Waals surface area contributed by atoms with E-state index in [0.717, 1.165) is 22.5 Å². The van der Waals surface area contributed by atoms with E-state index >= 15 is 0 Å². The SMILES string of the molecule is CCCNC(=O)[C@@H](CC)N(Cc1cccc(OC)c1)C(=O)CN(c1ccc(OC)cc1)S(C)(=O)=O. The number of ether oxygens (including phenoxy) is 2. The Morgan fingerprint density at radius 2 is 1.66 bits per heavy atom. The molecule has 2 aromatic carbocycles. The highest BCUT2D eigenvalue weighted by molar-refractivity contribution is 7.92. The highest BCUT2D eigenvalue weighted by atomic mass is 32.2. The molecule has 35 heavy (non-hydrogen) atoms. The fourth-order valence-corrected chi connectivity index (χ4v) is 4.46. The molecule has 2 aromatic rings. The van der Waals surface area contributed by atoms with Crippen LogP contribution in [0, 0.1) is 0 Å². The molecule has 0 radical (unpaired) electrons. The Hall–Kier alpha value is -3.27. The fourth-order valence-electron chi connectivity index (χ4n) is 3.62. The second kappa shape index (κ2) is 13.0. The van der Waals surface area contributed by atoms with Crippen LogP contribution in [0.25, 0.3) is 0 Å². The summed E-state index contributed by atoms with van der Waals surface area (Å²) in [6.07, 6.45) is 2.17. The zero-order chi connectivity index (χ0) is 26.0. The number of carbonyl (C=O) groups is 2. The normalized spacial score (nSPS) is 11.9. The van der Waals surface area contributed by atoms with Crippen LogP contribution in [0.15, 0.2) is 48.5 Å². The predicted molar refractivity (Wildman–Crippen MR) is 136 cm³/mol. The Balaban J connectivity index is 2.42. The molecular formula is C25H35N3O6S. The van der Waals surface area contributed by atoms with E-state index in [4.69, 9.17) is 9.47 Å². The van der Waals surface area contributed by atoms with Crippen LogP contribution in [0.3, 0.4) is 0 Å². The van der Waals surface area contributed by atoms with Gasteiger partial charge in [-0.05, 0) is 54.8 Å². The summed E-state index contributed by atoms with van der Waals surface area (Å²) in [7, 11) is -0.731. The molecule has 0 bridgehead atoms. The average Bonchev–Trinajstić information content (AvgIpc) is 2.85. The molecule has 2 amide bonds. The smallest absolute Gasteiger partial charge is 0.244 e. The molecule has 0 fully saturated rings. The lowest BCUT2D eigenvalue weighted by Crippen LogP contribution is -2.52. The number of anilines is 1. The van der Waals surface area contributed by atoms with Gasteiger partial charge in [-0.25, -0.2) is 8.42 Å². The van der Waals surface area contributed by atoms with E-state index in [9.17, 15) is 18.0 Å². The summed E-state index contributed by atoms with van der Waals surface area (Å²) < 4.78 is 36.7. The number of benzene rings is 2. The number of hydrogen-bond donors (Lipinski definition) is 1. The predicted octanol–water partition coefficient (Wildman–Crippen LogP) is 2.80. The van der Waals surface area contributed by atoms with Crippen molar-refractivity contribution in [2.75, 3.05) is 37.9 Å². The Morgan fingerprint density at radius 3 is 2.20 bits per heavy atom. The van der Waals surface area contributed by atoms with Gasteiger partial charge in [0.1, 0.15) is 24.1 Å². The molecule has 0 spiro atoms. The maximum atomic E-state index is 13.6. The molecule has 0 aromatic heterocycles. The van der Waals surface area contributed by atoms with E-state index in [2.05, 4.69) is 5.32 Å². The summed E-state index contributed by atoms with van der Waals surface area (Å²) >= 11 is 0. The van der Waals surface area contributed by atoms with Crippen LogP contribution in [-0.2, 0) is 26.2 Å². The standard InChI is InChI=1S/C25H35N3O6S/c1-6-15-26-25(30)23(7-2)27(17-19-9-8-10-22(16-19)34-4)24(29)18-28(35(5,31)32)20-11-13-21(33-3)14-12-20/h8-14,16,23H,6-7,15,17-18H2,1-5H3,(H,26,30)/t23-/m1/s1. The van der Waals surface area contributed by atoms with Crippen molar-refractivity contribution in [3.63, 3.8) is 0 Å². The molecule has 10 heteroatoms. The average molecular weight is 506 g/mol. The van der Waals surface area contributed by atoms with Gasteiger partial charge in [-0.2, -0.15) is 0 Å². The quantitative estimate of drug-likeness (QED) is 0.449. The van der Waals surface area contributed by atoms with Crippen molar-refractivity contribution < 1.29 is 27.5 Å². The second-order valence-electron chi connectivity index (χ2n) is 8.06. The zero-order valence-electron chi connectivity index (χ0n) is 21.0. The minimum Gasteiger partial charge on any atom is -0.497 e. The van der Waals surface area contributed by atoms with Crippen molar-refractivity contribution >= 4 is 27.5 Å². The number of amides is 2. The number of nitrogens with zero attached hydrogens (tertiary/aromatic N) is 2. The molecule has 0 unspecified atom stereocenters. The summed E-state index contributed by atoms with van der Waals surface area (Å²) in [5, 5.41) is 2.85. The van der Waals surface area contributed by atoms with E-state index < -0.39 is 28.5 Å². The number of hydrogen-bond acceptors (Lipinski definition) is 6.